The molecule has 0 saturated carbocycles. The number of carbonyl (C=O) groups is 1. The zero-order valence-electron chi connectivity index (χ0n) is 17.1. The van der Waals surface area contributed by atoms with Crippen molar-refractivity contribution in [2.75, 3.05) is 26.3 Å². The molecule has 30 heavy (non-hydrogen) atoms. The number of hydrogen-bond acceptors (Lipinski definition) is 5. The van der Waals surface area contributed by atoms with Crippen molar-refractivity contribution < 1.29 is 22.7 Å². The lowest BCUT2D eigenvalue weighted by Gasteiger charge is -2.22. The van der Waals surface area contributed by atoms with Crippen LogP contribution in [0.4, 0.5) is 0 Å². The number of ether oxygens (including phenoxy) is 2. The molecule has 0 spiro atoms. The van der Waals surface area contributed by atoms with Crippen molar-refractivity contribution in [3.8, 4) is 5.75 Å². The van der Waals surface area contributed by atoms with Gasteiger partial charge in [0, 0.05) is 19.7 Å². The van der Waals surface area contributed by atoms with Crippen LogP contribution in [0.2, 0.25) is 0 Å². The van der Waals surface area contributed by atoms with Crippen LogP contribution < -0.4 is 10.1 Å². The molecule has 162 valence electrons. The SMILES string of the molecule is CCOc1ccc(S(=O)(=O)N(CC(=O)NC[C@@H]2CCCO2)Cc2ccccc2)cc1. The number of hydrogen-bond donors (Lipinski definition) is 1. The van der Waals surface area contributed by atoms with Gasteiger partial charge in [-0.1, -0.05) is 30.3 Å². The molecule has 1 heterocycles. The number of carbonyl (C=O) groups excluding carboxylic acids is 1. The number of amides is 1. The van der Waals surface area contributed by atoms with Crippen LogP contribution in [0.1, 0.15) is 25.3 Å². The number of rotatable bonds is 10. The van der Waals surface area contributed by atoms with Crippen LogP contribution in [0.25, 0.3) is 0 Å². The molecule has 0 aliphatic carbocycles. The van der Waals surface area contributed by atoms with Crippen molar-refractivity contribution in [1.82, 2.24) is 9.62 Å². The molecule has 0 aromatic heterocycles. The van der Waals surface area contributed by atoms with E-state index in [9.17, 15) is 13.2 Å². The van der Waals surface area contributed by atoms with Gasteiger partial charge in [0.1, 0.15) is 5.75 Å². The van der Waals surface area contributed by atoms with Gasteiger partial charge in [-0.25, -0.2) is 8.42 Å². The second-order valence-corrected chi connectivity index (χ2v) is 9.04. The number of benzene rings is 2. The molecule has 1 aliphatic rings. The van der Waals surface area contributed by atoms with E-state index < -0.39 is 10.0 Å². The fraction of sp³-hybridized carbons (Fsp3) is 0.409. The summed E-state index contributed by atoms with van der Waals surface area (Å²) in [6, 6.07) is 15.5. The van der Waals surface area contributed by atoms with E-state index in [2.05, 4.69) is 5.32 Å². The van der Waals surface area contributed by atoms with Crippen LogP contribution in [-0.4, -0.2) is 51.0 Å². The first-order valence-corrected chi connectivity index (χ1v) is 11.6. The third-order valence-corrected chi connectivity index (χ3v) is 6.65. The van der Waals surface area contributed by atoms with Gasteiger partial charge in [0.15, 0.2) is 0 Å². The van der Waals surface area contributed by atoms with Crippen molar-refractivity contribution in [1.29, 1.82) is 0 Å². The first-order valence-electron chi connectivity index (χ1n) is 10.1. The molecule has 1 saturated heterocycles. The summed E-state index contributed by atoms with van der Waals surface area (Å²) in [7, 11) is -3.88. The number of nitrogens with one attached hydrogen (secondary N) is 1. The Bertz CT molecular complexity index is 910. The molecule has 8 heteroatoms. The highest BCUT2D eigenvalue weighted by atomic mass is 32.2. The lowest BCUT2D eigenvalue weighted by atomic mass is 10.2. The van der Waals surface area contributed by atoms with E-state index in [0.717, 1.165) is 18.4 Å². The van der Waals surface area contributed by atoms with E-state index in [-0.39, 0.29) is 30.0 Å². The molecule has 0 bridgehead atoms. The minimum atomic E-state index is -3.88. The normalized spacial score (nSPS) is 16.5. The molecule has 2 aromatic rings. The van der Waals surface area contributed by atoms with Gasteiger partial charge in [-0.2, -0.15) is 4.31 Å². The Morgan fingerprint density at radius 2 is 1.90 bits per heavy atom. The second kappa shape index (κ2) is 10.6. The molecule has 0 radical (unpaired) electrons. The van der Waals surface area contributed by atoms with Crippen molar-refractivity contribution in [2.45, 2.75) is 37.3 Å². The summed E-state index contributed by atoms with van der Waals surface area (Å²) >= 11 is 0. The van der Waals surface area contributed by atoms with Gasteiger partial charge in [0.2, 0.25) is 15.9 Å². The van der Waals surface area contributed by atoms with Crippen molar-refractivity contribution in [3.63, 3.8) is 0 Å². The van der Waals surface area contributed by atoms with Crippen LogP contribution in [0.5, 0.6) is 5.75 Å². The minimum Gasteiger partial charge on any atom is -0.494 e. The maximum absolute atomic E-state index is 13.3. The van der Waals surface area contributed by atoms with Gasteiger partial charge in [-0.3, -0.25) is 4.79 Å². The Morgan fingerprint density at radius 1 is 1.17 bits per heavy atom. The highest BCUT2D eigenvalue weighted by molar-refractivity contribution is 7.89. The third kappa shape index (κ3) is 6.04. The predicted octanol–water partition coefficient (Wildman–Crippen LogP) is 2.57. The Kier molecular flexibility index (Phi) is 7.84. The third-order valence-electron chi connectivity index (χ3n) is 4.85. The smallest absolute Gasteiger partial charge is 0.243 e. The molecule has 1 fully saturated rings. The van der Waals surface area contributed by atoms with Crippen molar-refractivity contribution in [3.05, 3.63) is 60.2 Å². The molecule has 1 aliphatic heterocycles. The molecule has 1 amide bonds. The van der Waals surface area contributed by atoms with E-state index in [1.54, 1.807) is 12.1 Å². The zero-order chi connectivity index (χ0) is 21.4. The van der Waals surface area contributed by atoms with E-state index in [0.29, 0.717) is 25.5 Å². The molecule has 1 N–H and O–H groups in total. The Hall–Kier alpha value is -2.42. The van der Waals surface area contributed by atoms with Gasteiger partial charge >= 0.3 is 0 Å². The molecular weight excluding hydrogens is 404 g/mol. The van der Waals surface area contributed by atoms with Crippen molar-refractivity contribution in [2.24, 2.45) is 0 Å². The summed E-state index contributed by atoms with van der Waals surface area (Å²) in [5.74, 6) is 0.247. The maximum Gasteiger partial charge on any atom is 0.243 e. The Labute approximate surface area is 178 Å². The summed E-state index contributed by atoms with van der Waals surface area (Å²) in [6.45, 7) is 3.29. The topological polar surface area (TPSA) is 84.9 Å². The summed E-state index contributed by atoms with van der Waals surface area (Å²) in [5.41, 5.74) is 0.805. The van der Waals surface area contributed by atoms with Crippen LogP contribution >= 0.6 is 0 Å². The fourth-order valence-corrected chi connectivity index (χ4v) is 4.67. The minimum absolute atomic E-state index is 0.000703. The molecule has 0 unspecified atom stereocenters. The van der Waals surface area contributed by atoms with Gasteiger partial charge in [0.05, 0.1) is 24.2 Å². The first-order chi connectivity index (χ1) is 14.5. The summed E-state index contributed by atoms with van der Waals surface area (Å²) < 4.78 is 38.7. The number of nitrogens with zero attached hydrogens (tertiary/aromatic N) is 1. The standard InChI is InChI=1S/C22H28N2O5S/c1-2-28-19-10-12-21(13-11-19)30(26,27)24(16-18-7-4-3-5-8-18)17-22(25)23-15-20-9-6-14-29-20/h3-5,7-8,10-13,20H,2,6,9,14-17H2,1H3,(H,23,25)/t20-/m0/s1. The maximum atomic E-state index is 13.3. The monoisotopic (exact) mass is 432 g/mol. The molecule has 2 aromatic carbocycles. The zero-order valence-corrected chi connectivity index (χ0v) is 17.9. The average Bonchev–Trinajstić information content (AvgIpc) is 3.27. The summed E-state index contributed by atoms with van der Waals surface area (Å²) in [6.07, 6.45) is 1.88. The Morgan fingerprint density at radius 3 is 2.53 bits per heavy atom. The van der Waals surface area contributed by atoms with E-state index >= 15 is 0 Å². The van der Waals surface area contributed by atoms with Crippen LogP contribution in [0, 0.1) is 0 Å². The molecular formula is C22H28N2O5S. The van der Waals surface area contributed by atoms with Gasteiger partial charge in [-0.15, -0.1) is 0 Å². The molecule has 3 rings (SSSR count). The predicted molar refractivity (Wildman–Crippen MR) is 114 cm³/mol. The molecule has 1 atom stereocenters. The van der Waals surface area contributed by atoms with Gasteiger partial charge < -0.3 is 14.8 Å². The van der Waals surface area contributed by atoms with Crippen LogP contribution in [0.3, 0.4) is 0 Å². The van der Waals surface area contributed by atoms with Gasteiger partial charge in [0.25, 0.3) is 0 Å². The van der Waals surface area contributed by atoms with Gasteiger partial charge in [-0.05, 0) is 49.6 Å². The lowest BCUT2D eigenvalue weighted by Crippen LogP contribution is -2.42. The summed E-state index contributed by atoms with van der Waals surface area (Å²) in [4.78, 5) is 12.6. The number of sulfonamides is 1. The summed E-state index contributed by atoms with van der Waals surface area (Å²) in [5, 5.41) is 2.80. The second-order valence-electron chi connectivity index (χ2n) is 7.10. The quantitative estimate of drug-likeness (QED) is 0.624. The highest BCUT2D eigenvalue weighted by Gasteiger charge is 2.27. The highest BCUT2D eigenvalue weighted by Crippen LogP contribution is 2.21. The Balaban J connectivity index is 1.75. The van der Waals surface area contributed by atoms with Crippen LogP contribution in [-0.2, 0) is 26.1 Å². The van der Waals surface area contributed by atoms with Crippen LogP contribution in [0.15, 0.2) is 59.5 Å². The first kappa shape index (κ1) is 22.3. The fourth-order valence-electron chi connectivity index (χ4n) is 3.29. The largest absolute Gasteiger partial charge is 0.494 e. The lowest BCUT2D eigenvalue weighted by molar-refractivity contribution is -0.121. The van der Waals surface area contributed by atoms with E-state index in [4.69, 9.17) is 9.47 Å². The molecule has 7 nitrogen and oxygen atoms in total. The van der Waals surface area contributed by atoms with Crippen molar-refractivity contribution >= 4 is 15.9 Å². The van der Waals surface area contributed by atoms with E-state index in [1.165, 1.54) is 16.4 Å². The average molecular weight is 433 g/mol. The van der Waals surface area contributed by atoms with E-state index in [1.807, 2.05) is 37.3 Å².